The van der Waals surface area contributed by atoms with Crippen molar-refractivity contribution in [3.8, 4) is 28.3 Å². The third-order valence-corrected chi connectivity index (χ3v) is 5.69. The molecule has 0 fully saturated rings. The van der Waals surface area contributed by atoms with Gasteiger partial charge in [0.1, 0.15) is 5.69 Å². The molecule has 0 N–H and O–H groups in total. The summed E-state index contributed by atoms with van der Waals surface area (Å²) in [6.45, 7) is 0.552. The molecule has 4 nitrogen and oxygen atoms in total. The summed E-state index contributed by atoms with van der Waals surface area (Å²) in [5.74, 6) is -1.86. The summed E-state index contributed by atoms with van der Waals surface area (Å²) in [6.07, 6.45) is 8.13. The van der Waals surface area contributed by atoms with Gasteiger partial charge in [-0.1, -0.05) is 48.6 Å². The van der Waals surface area contributed by atoms with Crippen LogP contribution < -0.4 is 4.74 Å². The van der Waals surface area contributed by atoms with Gasteiger partial charge in [-0.05, 0) is 35.8 Å². The van der Waals surface area contributed by atoms with Crippen LogP contribution >= 0.6 is 0 Å². The largest absolute Gasteiger partial charge is 0.494 e. The minimum absolute atomic E-state index is 0.130. The minimum Gasteiger partial charge on any atom is -0.494 e. The predicted octanol–water partition coefficient (Wildman–Crippen LogP) is 6.74. The van der Waals surface area contributed by atoms with Gasteiger partial charge < -0.3 is 9.30 Å². The Kier molecular flexibility index (Phi) is 5.76. The summed E-state index contributed by atoms with van der Waals surface area (Å²) in [7, 11) is 1.44. The SMILES string of the molecule is COc1cccc(-c2ccc(Cn3ccc4nc(C5=C(F)C(F)=CC=CC5)nc-4c3)cc2)c1F. The van der Waals surface area contributed by atoms with Crippen molar-refractivity contribution in [1.82, 2.24) is 14.5 Å². The predicted molar refractivity (Wildman–Crippen MR) is 125 cm³/mol. The van der Waals surface area contributed by atoms with Crippen molar-refractivity contribution in [2.24, 2.45) is 0 Å². The van der Waals surface area contributed by atoms with Gasteiger partial charge in [-0.25, -0.2) is 23.1 Å². The normalized spacial score (nSPS) is 13.8. The number of rotatable bonds is 5. The smallest absolute Gasteiger partial charge is 0.172 e. The van der Waals surface area contributed by atoms with E-state index in [9.17, 15) is 13.2 Å². The second-order valence-electron chi connectivity index (χ2n) is 7.89. The highest BCUT2D eigenvalue weighted by molar-refractivity contribution is 5.71. The second kappa shape index (κ2) is 9.02. The fourth-order valence-corrected chi connectivity index (χ4v) is 3.91. The molecule has 0 atom stereocenters. The third kappa shape index (κ3) is 4.12. The first-order valence-electron chi connectivity index (χ1n) is 10.7. The molecule has 0 aromatic heterocycles. The molecule has 0 radical (unpaired) electrons. The molecule has 1 aliphatic carbocycles. The molecule has 5 rings (SSSR count). The number of benzene rings is 2. The Balaban J connectivity index is 1.39. The van der Waals surface area contributed by atoms with Gasteiger partial charge >= 0.3 is 0 Å². The van der Waals surface area contributed by atoms with E-state index in [-0.39, 0.29) is 23.6 Å². The third-order valence-electron chi connectivity index (χ3n) is 5.69. The van der Waals surface area contributed by atoms with E-state index in [0.29, 0.717) is 23.5 Å². The van der Waals surface area contributed by atoms with Gasteiger partial charge in [0, 0.05) is 30.1 Å². The molecule has 0 saturated carbocycles. The standard InChI is InChI=1S/C27H20F3N3O/c1-34-24-8-4-6-19(26(24)30)18-11-9-17(10-12-18)15-33-14-13-22-23(16-33)32-27(31-22)20-5-2-3-7-21(28)25(20)29/h2-4,6-14,16H,5,15H2,1H3. The molecule has 0 unspecified atom stereocenters. The van der Waals surface area contributed by atoms with Crippen LogP contribution in [-0.4, -0.2) is 21.6 Å². The van der Waals surface area contributed by atoms with Crippen molar-refractivity contribution in [1.29, 1.82) is 0 Å². The number of hydrogen-bond donors (Lipinski definition) is 0. The van der Waals surface area contributed by atoms with Crippen LogP contribution in [0.3, 0.4) is 0 Å². The Morgan fingerprint density at radius 1 is 0.971 bits per heavy atom. The first-order chi connectivity index (χ1) is 16.5. The van der Waals surface area contributed by atoms with E-state index >= 15 is 0 Å². The summed E-state index contributed by atoms with van der Waals surface area (Å²) < 4.78 is 49.8. The van der Waals surface area contributed by atoms with E-state index in [1.165, 1.54) is 13.2 Å². The Bertz CT molecular complexity index is 1420. The van der Waals surface area contributed by atoms with Crippen LogP contribution in [0.25, 0.3) is 28.1 Å². The number of hydrogen-bond acceptors (Lipinski definition) is 3. The Morgan fingerprint density at radius 2 is 1.76 bits per heavy atom. The molecule has 0 bridgehead atoms. The zero-order valence-electron chi connectivity index (χ0n) is 18.3. The lowest BCUT2D eigenvalue weighted by Gasteiger charge is -2.10. The molecule has 0 amide bonds. The monoisotopic (exact) mass is 459 g/mol. The Hall–Kier alpha value is -4.13. The first kappa shape index (κ1) is 21.7. The van der Waals surface area contributed by atoms with Crippen molar-refractivity contribution in [3.63, 3.8) is 0 Å². The van der Waals surface area contributed by atoms with Crippen LogP contribution in [0, 0.1) is 5.82 Å². The number of fused-ring (bicyclic) bond motifs is 1. The van der Waals surface area contributed by atoms with Crippen LogP contribution in [0.2, 0.25) is 0 Å². The summed E-state index contributed by atoms with van der Waals surface area (Å²) in [6, 6.07) is 14.4. The van der Waals surface area contributed by atoms with Crippen molar-refractivity contribution in [3.05, 3.63) is 108 Å². The van der Waals surface area contributed by atoms with Crippen LogP contribution in [0.15, 0.2) is 90.8 Å². The Labute approximate surface area is 194 Å². The number of nitrogens with zero attached hydrogens (tertiary/aromatic N) is 3. The highest BCUT2D eigenvalue weighted by Gasteiger charge is 2.20. The molecule has 34 heavy (non-hydrogen) atoms. The van der Waals surface area contributed by atoms with Gasteiger partial charge in [0.2, 0.25) is 0 Å². The maximum atomic E-state index is 14.6. The average molecular weight is 459 g/mol. The molecule has 0 saturated heterocycles. The number of ether oxygens (including phenoxy) is 1. The van der Waals surface area contributed by atoms with Crippen molar-refractivity contribution >= 4 is 5.57 Å². The molecule has 3 aliphatic rings. The number of halogens is 3. The molecular formula is C27H20F3N3O. The second-order valence-corrected chi connectivity index (χ2v) is 7.89. The van der Waals surface area contributed by atoms with E-state index in [1.807, 2.05) is 41.2 Å². The van der Waals surface area contributed by atoms with Crippen molar-refractivity contribution in [2.75, 3.05) is 7.11 Å². The molecule has 0 spiro atoms. The van der Waals surface area contributed by atoms with Gasteiger partial charge in [-0.3, -0.25) is 0 Å². The number of aromatic nitrogens is 3. The zero-order chi connectivity index (χ0) is 23.7. The van der Waals surface area contributed by atoms with Crippen LogP contribution in [0.1, 0.15) is 17.8 Å². The number of allylic oxidation sites excluding steroid dienone is 6. The highest BCUT2D eigenvalue weighted by atomic mass is 19.2. The maximum Gasteiger partial charge on any atom is 0.172 e. The molecule has 170 valence electrons. The fraction of sp³-hybridized carbons (Fsp3) is 0.111. The molecule has 2 aromatic rings. The Morgan fingerprint density at radius 3 is 2.56 bits per heavy atom. The molecular weight excluding hydrogens is 439 g/mol. The number of methoxy groups -OCH3 is 1. The summed E-state index contributed by atoms with van der Waals surface area (Å²) in [5.41, 5.74) is 3.55. The van der Waals surface area contributed by atoms with E-state index < -0.39 is 17.5 Å². The van der Waals surface area contributed by atoms with Gasteiger partial charge in [0.15, 0.2) is 29.0 Å². The van der Waals surface area contributed by atoms with E-state index in [4.69, 9.17) is 4.74 Å². The number of imidazole rings is 1. The quantitative estimate of drug-likeness (QED) is 0.332. The lowest BCUT2D eigenvalue weighted by atomic mass is 10.0. The van der Waals surface area contributed by atoms with E-state index in [1.54, 1.807) is 30.3 Å². The highest BCUT2D eigenvalue weighted by Crippen LogP contribution is 2.32. The molecule has 2 aromatic carbocycles. The summed E-state index contributed by atoms with van der Waals surface area (Å²) >= 11 is 0. The maximum absolute atomic E-state index is 14.6. The first-order valence-corrected chi connectivity index (χ1v) is 10.7. The van der Waals surface area contributed by atoms with Crippen LogP contribution in [0.4, 0.5) is 13.2 Å². The lowest BCUT2D eigenvalue weighted by molar-refractivity contribution is 0.387. The van der Waals surface area contributed by atoms with Gasteiger partial charge in [-0.2, -0.15) is 0 Å². The number of pyridine rings is 1. The summed E-state index contributed by atoms with van der Waals surface area (Å²) in [5, 5.41) is 0. The average Bonchev–Trinajstić information content (AvgIpc) is 3.19. The van der Waals surface area contributed by atoms with Gasteiger partial charge in [0.25, 0.3) is 0 Å². The molecule has 2 heterocycles. The van der Waals surface area contributed by atoms with Crippen LogP contribution in [-0.2, 0) is 6.54 Å². The summed E-state index contributed by atoms with van der Waals surface area (Å²) in [4.78, 5) is 8.82. The molecule has 2 aliphatic heterocycles. The van der Waals surface area contributed by atoms with E-state index in [2.05, 4.69) is 9.97 Å². The van der Waals surface area contributed by atoms with Crippen molar-refractivity contribution < 1.29 is 17.9 Å². The van der Waals surface area contributed by atoms with Crippen molar-refractivity contribution in [2.45, 2.75) is 13.0 Å². The topological polar surface area (TPSA) is 39.9 Å². The zero-order valence-corrected chi connectivity index (χ0v) is 18.3. The van der Waals surface area contributed by atoms with Crippen LogP contribution in [0.5, 0.6) is 5.75 Å². The molecule has 7 heteroatoms. The van der Waals surface area contributed by atoms with Gasteiger partial charge in [0.05, 0.1) is 12.8 Å². The minimum atomic E-state index is -0.930. The van der Waals surface area contributed by atoms with Gasteiger partial charge in [-0.15, -0.1) is 0 Å². The lowest BCUT2D eigenvalue weighted by Crippen LogP contribution is -2.01. The fourth-order valence-electron chi connectivity index (χ4n) is 3.91. The van der Waals surface area contributed by atoms with E-state index in [0.717, 1.165) is 17.2 Å².